The molecule has 0 spiro atoms. The van der Waals surface area contributed by atoms with Gasteiger partial charge in [0.05, 0.1) is 0 Å². The highest BCUT2D eigenvalue weighted by Gasteiger charge is 2.13. The first-order chi connectivity index (χ1) is 4.95. The Kier molecular flexibility index (Phi) is 4.04. The Balaban J connectivity index is 3.80. The van der Waals surface area contributed by atoms with E-state index in [9.17, 15) is 4.79 Å². The third-order valence-electron chi connectivity index (χ3n) is 1.14. The van der Waals surface area contributed by atoms with E-state index in [1.54, 1.807) is 12.2 Å². The molecule has 0 heterocycles. The lowest BCUT2D eigenvalue weighted by Crippen LogP contribution is -2.11. The van der Waals surface area contributed by atoms with E-state index in [4.69, 9.17) is 5.73 Å². The number of allylic oxidation sites excluding steroid dienone is 1. The van der Waals surface area contributed by atoms with Crippen LogP contribution in [-0.4, -0.2) is 12.3 Å². The largest absolute Gasteiger partial charge is 0.327 e. The van der Waals surface area contributed by atoms with Crippen molar-refractivity contribution in [2.24, 2.45) is 11.1 Å². The van der Waals surface area contributed by atoms with Crippen LogP contribution in [0.3, 0.4) is 0 Å². The molecule has 2 N–H and O–H groups in total. The molecule has 0 bridgehead atoms. The van der Waals surface area contributed by atoms with Crippen molar-refractivity contribution in [3.05, 3.63) is 12.2 Å². The number of hydrogen-bond donors (Lipinski definition) is 1. The predicted octanol–water partition coefficient (Wildman–Crippen LogP) is 1.51. The van der Waals surface area contributed by atoms with Gasteiger partial charge in [0.25, 0.3) is 0 Å². The smallest absolute Gasteiger partial charge is 0.155 e. The molecular weight excluding hydrogens is 138 g/mol. The maximum Gasteiger partial charge on any atom is 0.155 e. The standard InChI is InChI=1S/C9H17NO/c1-9(2,3)7-8(11)5-4-6-10/h4-5H,6-7,10H2,1-3H3/b5-4+. The lowest BCUT2D eigenvalue weighted by atomic mass is 9.90. The van der Waals surface area contributed by atoms with Gasteiger partial charge in [-0.25, -0.2) is 0 Å². The molecule has 0 aromatic rings. The second-order valence-electron chi connectivity index (χ2n) is 3.84. The molecule has 0 unspecified atom stereocenters. The molecule has 0 aliphatic carbocycles. The van der Waals surface area contributed by atoms with Gasteiger partial charge in [-0.1, -0.05) is 26.8 Å². The Morgan fingerprint density at radius 3 is 2.36 bits per heavy atom. The second kappa shape index (κ2) is 4.29. The molecule has 0 aliphatic rings. The van der Waals surface area contributed by atoms with Crippen LogP contribution in [0, 0.1) is 5.41 Å². The Bertz CT molecular complexity index is 153. The first-order valence-corrected chi connectivity index (χ1v) is 3.85. The van der Waals surface area contributed by atoms with E-state index in [0.29, 0.717) is 13.0 Å². The number of hydrogen-bond acceptors (Lipinski definition) is 2. The van der Waals surface area contributed by atoms with Crippen molar-refractivity contribution in [2.45, 2.75) is 27.2 Å². The molecule has 0 aliphatic heterocycles. The van der Waals surface area contributed by atoms with Gasteiger partial charge in [-0.3, -0.25) is 4.79 Å². The predicted molar refractivity (Wildman–Crippen MR) is 47.3 cm³/mol. The van der Waals surface area contributed by atoms with Crippen LogP contribution in [0.5, 0.6) is 0 Å². The molecule has 0 atom stereocenters. The second-order valence-corrected chi connectivity index (χ2v) is 3.84. The molecule has 64 valence electrons. The molecule has 0 saturated heterocycles. The summed E-state index contributed by atoms with van der Waals surface area (Å²) in [5.74, 6) is 0.156. The summed E-state index contributed by atoms with van der Waals surface area (Å²) in [6.45, 7) is 6.57. The summed E-state index contributed by atoms with van der Waals surface area (Å²) in [6.07, 6.45) is 3.84. The van der Waals surface area contributed by atoms with Crippen LogP contribution < -0.4 is 5.73 Å². The number of carbonyl (C=O) groups is 1. The van der Waals surface area contributed by atoms with E-state index in [1.807, 2.05) is 20.8 Å². The van der Waals surface area contributed by atoms with Crippen molar-refractivity contribution in [1.29, 1.82) is 0 Å². The molecule has 0 aromatic heterocycles. The summed E-state index contributed by atoms with van der Waals surface area (Å²) < 4.78 is 0. The molecule has 2 nitrogen and oxygen atoms in total. The van der Waals surface area contributed by atoms with Crippen LogP contribution >= 0.6 is 0 Å². The Labute approximate surface area is 68.5 Å². The van der Waals surface area contributed by atoms with E-state index in [-0.39, 0.29) is 11.2 Å². The number of rotatable bonds is 3. The fourth-order valence-electron chi connectivity index (χ4n) is 0.781. The maximum atomic E-state index is 11.1. The highest BCUT2D eigenvalue weighted by atomic mass is 16.1. The maximum absolute atomic E-state index is 11.1. The fraction of sp³-hybridized carbons (Fsp3) is 0.667. The van der Waals surface area contributed by atoms with E-state index < -0.39 is 0 Å². The summed E-state index contributed by atoms with van der Waals surface area (Å²) in [5.41, 5.74) is 5.28. The number of nitrogens with two attached hydrogens (primary N) is 1. The average molecular weight is 155 g/mol. The molecular formula is C9H17NO. The summed E-state index contributed by atoms with van der Waals surface area (Å²) in [4.78, 5) is 11.1. The van der Waals surface area contributed by atoms with Crippen molar-refractivity contribution < 1.29 is 4.79 Å². The van der Waals surface area contributed by atoms with Crippen LogP contribution in [0.1, 0.15) is 27.2 Å². The third kappa shape index (κ3) is 7.26. The fourth-order valence-corrected chi connectivity index (χ4v) is 0.781. The van der Waals surface area contributed by atoms with Crippen molar-refractivity contribution >= 4 is 5.78 Å². The zero-order valence-electron chi connectivity index (χ0n) is 7.55. The molecule has 0 rings (SSSR count). The molecule has 2 heteroatoms. The molecule has 0 amide bonds. The van der Waals surface area contributed by atoms with Gasteiger partial charge in [-0.2, -0.15) is 0 Å². The SMILES string of the molecule is CC(C)(C)CC(=O)/C=C/CN. The summed E-state index contributed by atoms with van der Waals surface area (Å²) in [6, 6.07) is 0. The van der Waals surface area contributed by atoms with Gasteiger partial charge in [0.15, 0.2) is 5.78 Å². The zero-order chi connectivity index (χ0) is 8.91. The van der Waals surface area contributed by atoms with E-state index in [2.05, 4.69) is 0 Å². The first-order valence-electron chi connectivity index (χ1n) is 3.85. The number of ketones is 1. The van der Waals surface area contributed by atoms with E-state index in [0.717, 1.165) is 0 Å². The summed E-state index contributed by atoms with van der Waals surface area (Å²) in [7, 11) is 0. The minimum Gasteiger partial charge on any atom is -0.327 e. The molecule has 0 radical (unpaired) electrons. The Hall–Kier alpha value is -0.630. The van der Waals surface area contributed by atoms with Crippen LogP contribution in [0.25, 0.3) is 0 Å². The lowest BCUT2D eigenvalue weighted by Gasteiger charge is -2.14. The van der Waals surface area contributed by atoms with Crippen molar-refractivity contribution in [2.75, 3.05) is 6.54 Å². The topological polar surface area (TPSA) is 43.1 Å². The van der Waals surface area contributed by atoms with Gasteiger partial charge >= 0.3 is 0 Å². The normalized spacial score (nSPS) is 12.4. The van der Waals surface area contributed by atoms with E-state index in [1.165, 1.54) is 0 Å². The quantitative estimate of drug-likeness (QED) is 0.628. The highest BCUT2D eigenvalue weighted by Crippen LogP contribution is 2.18. The van der Waals surface area contributed by atoms with Crippen molar-refractivity contribution in [1.82, 2.24) is 0 Å². The van der Waals surface area contributed by atoms with E-state index >= 15 is 0 Å². The van der Waals surface area contributed by atoms with Crippen molar-refractivity contribution in [3.63, 3.8) is 0 Å². The summed E-state index contributed by atoms with van der Waals surface area (Å²) >= 11 is 0. The lowest BCUT2D eigenvalue weighted by molar-refractivity contribution is -0.116. The van der Waals surface area contributed by atoms with Crippen LogP contribution in [0.15, 0.2) is 12.2 Å². The molecule has 0 fully saturated rings. The summed E-state index contributed by atoms with van der Waals surface area (Å²) in [5, 5.41) is 0. The van der Waals surface area contributed by atoms with Crippen LogP contribution in [0.2, 0.25) is 0 Å². The van der Waals surface area contributed by atoms with Gasteiger partial charge in [0.2, 0.25) is 0 Å². The van der Waals surface area contributed by atoms with Gasteiger partial charge in [0, 0.05) is 13.0 Å². The van der Waals surface area contributed by atoms with Gasteiger partial charge in [0.1, 0.15) is 0 Å². The number of carbonyl (C=O) groups excluding carboxylic acids is 1. The average Bonchev–Trinajstić information content (AvgIpc) is 1.79. The van der Waals surface area contributed by atoms with Gasteiger partial charge < -0.3 is 5.73 Å². The molecule has 11 heavy (non-hydrogen) atoms. The van der Waals surface area contributed by atoms with Gasteiger partial charge in [-0.15, -0.1) is 0 Å². The minimum atomic E-state index is 0.0794. The first kappa shape index (κ1) is 10.4. The van der Waals surface area contributed by atoms with Crippen molar-refractivity contribution in [3.8, 4) is 0 Å². The van der Waals surface area contributed by atoms with Crippen LogP contribution in [-0.2, 0) is 4.79 Å². The molecule has 0 aromatic carbocycles. The third-order valence-corrected chi connectivity index (χ3v) is 1.14. The highest BCUT2D eigenvalue weighted by molar-refractivity contribution is 5.90. The van der Waals surface area contributed by atoms with Gasteiger partial charge in [-0.05, 0) is 11.5 Å². The van der Waals surface area contributed by atoms with Crippen LogP contribution in [0.4, 0.5) is 0 Å². The zero-order valence-corrected chi connectivity index (χ0v) is 7.55. The molecule has 0 saturated carbocycles. The Morgan fingerprint density at radius 2 is 2.00 bits per heavy atom. The Morgan fingerprint density at radius 1 is 1.45 bits per heavy atom. The monoisotopic (exact) mass is 155 g/mol. The minimum absolute atomic E-state index is 0.0794.